The Bertz CT molecular complexity index is 2050. The Kier molecular flexibility index (Phi) is 11.0. The predicted octanol–water partition coefficient (Wildman–Crippen LogP) is 12.5. The topological polar surface area (TPSA) is 89.5 Å². The van der Waals surface area contributed by atoms with E-state index in [0.717, 1.165) is 33.4 Å². The van der Waals surface area contributed by atoms with Crippen LogP contribution in [0, 0.1) is 27.7 Å². The Morgan fingerprint density at radius 3 is 0.943 bits per heavy atom. The van der Waals surface area contributed by atoms with Crippen molar-refractivity contribution in [1.29, 1.82) is 0 Å². The van der Waals surface area contributed by atoms with Crippen LogP contribution < -0.4 is 27.1 Å². The molecule has 10 heteroatoms. The van der Waals surface area contributed by atoms with Crippen LogP contribution in [0.25, 0.3) is 0 Å². The lowest BCUT2D eigenvalue weighted by atomic mass is 9.78. The van der Waals surface area contributed by atoms with Gasteiger partial charge in [-0.2, -0.15) is 9.13 Å². The molecule has 8 nitrogen and oxygen atoms in total. The average Bonchev–Trinajstić information content (AvgIpc) is 3.13. The van der Waals surface area contributed by atoms with E-state index >= 15 is 0 Å². The molecule has 272 valence electrons. The molecule has 53 heavy (non-hydrogen) atoms. The third kappa shape index (κ3) is 9.15. The standard InChI is InChI=1S/C43H42O8P2/c1-31-15-13-16-32(2)41(31)50-52(44,46-37-19-9-7-10-20-37)48-39-27-23-35(24-28-39)43(5,6)36-25-29-40(30-26-36)49-53(45,47-38-21-11-8-12-22-38)51-42-33(3)17-14-18-34(42)4/h7-30H,1-6H3. The Labute approximate surface area is 311 Å². The Hall–Kier alpha value is -5.42. The molecule has 0 amide bonds. The summed E-state index contributed by atoms with van der Waals surface area (Å²) < 4.78 is 64.2. The van der Waals surface area contributed by atoms with Crippen molar-refractivity contribution in [3.05, 3.63) is 179 Å². The van der Waals surface area contributed by atoms with Crippen LogP contribution in [0.2, 0.25) is 0 Å². The van der Waals surface area contributed by atoms with E-state index in [-0.39, 0.29) is 0 Å². The zero-order chi connectivity index (χ0) is 37.6. The summed E-state index contributed by atoms with van der Waals surface area (Å²) in [4.78, 5) is 0. The molecule has 0 radical (unpaired) electrons. The number of hydrogen-bond acceptors (Lipinski definition) is 8. The van der Waals surface area contributed by atoms with Crippen molar-refractivity contribution in [2.45, 2.75) is 47.0 Å². The highest BCUT2D eigenvalue weighted by molar-refractivity contribution is 7.50. The number of aryl methyl sites for hydroxylation is 4. The first-order valence-electron chi connectivity index (χ1n) is 17.1. The van der Waals surface area contributed by atoms with Crippen LogP contribution in [0.5, 0.6) is 34.5 Å². The molecule has 0 saturated heterocycles. The van der Waals surface area contributed by atoms with Crippen LogP contribution in [-0.4, -0.2) is 0 Å². The molecule has 0 fully saturated rings. The van der Waals surface area contributed by atoms with Gasteiger partial charge in [0.15, 0.2) is 0 Å². The van der Waals surface area contributed by atoms with Gasteiger partial charge in [0.25, 0.3) is 0 Å². The SMILES string of the molecule is Cc1cccc(C)c1OP(=O)(Oc1ccccc1)Oc1ccc(C(C)(C)c2ccc(OP(=O)(Oc3ccccc3)Oc3c(C)cccc3C)cc2)cc1. The van der Waals surface area contributed by atoms with Crippen LogP contribution in [0.1, 0.15) is 47.2 Å². The van der Waals surface area contributed by atoms with E-state index in [2.05, 4.69) is 13.8 Å². The highest BCUT2D eigenvalue weighted by Gasteiger charge is 2.36. The van der Waals surface area contributed by atoms with Gasteiger partial charge < -0.3 is 27.1 Å². The predicted molar refractivity (Wildman–Crippen MR) is 209 cm³/mol. The van der Waals surface area contributed by atoms with Gasteiger partial charge in [-0.3, -0.25) is 0 Å². The van der Waals surface area contributed by atoms with Crippen LogP contribution in [0.4, 0.5) is 0 Å². The van der Waals surface area contributed by atoms with Crippen LogP contribution in [0.3, 0.4) is 0 Å². The van der Waals surface area contributed by atoms with Gasteiger partial charge in [0.05, 0.1) is 0 Å². The van der Waals surface area contributed by atoms with Crippen molar-refractivity contribution in [2.24, 2.45) is 0 Å². The third-order valence-electron chi connectivity index (χ3n) is 8.73. The van der Waals surface area contributed by atoms with Gasteiger partial charge >= 0.3 is 15.6 Å². The second-order valence-electron chi connectivity index (χ2n) is 13.2. The largest absolute Gasteiger partial charge is 0.647 e. The molecule has 0 aliphatic rings. The maximum Gasteiger partial charge on any atom is 0.647 e. The fraction of sp³-hybridized carbons (Fsp3) is 0.163. The minimum atomic E-state index is -4.18. The molecule has 0 spiro atoms. The van der Waals surface area contributed by atoms with Crippen molar-refractivity contribution < 1.29 is 36.3 Å². The minimum Gasteiger partial charge on any atom is -0.386 e. The molecule has 0 heterocycles. The molecule has 6 aromatic carbocycles. The van der Waals surface area contributed by atoms with Crippen molar-refractivity contribution in [1.82, 2.24) is 0 Å². The number of benzene rings is 6. The van der Waals surface area contributed by atoms with E-state index in [1.165, 1.54) is 0 Å². The first-order chi connectivity index (χ1) is 25.3. The fourth-order valence-electron chi connectivity index (χ4n) is 5.73. The maximum atomic E-state index is 14.2. The van der Waals surface area contributed by atoms with E-state index in [1.54, 1.807) is 72.8 Å². The number of phosphoric ester groups is 2. The summed E-state index contributed by atoms with van der Waals surface area (Å²) >= 11 is 0. The van der Waals surface area contributed by atoms with E-state index in [4.69, 9.17) is 27.1 Å². The van der Waals surface area contributed by atoms with Gasteiger partial charge in [-0.05, 0) is 110 Å². The molecule has 0 N–H and O–H groups in total. The minimum absolute atomic E-state index is 0.317. The summed E-state index contributed by atoms with van der Waals surface area (Å²) in [6.45, 7) is 11.7. The molecule has 2 atom stereocenters. The lowest BCUT2D eigenvalue weighted by Crippen LogP contribution is -2.18. The number of rotatable bonds is 14. The molecule has 6 rings (SSSR count). The third-order valence-corrected chi connectivity index (χ3v) is 11.3. The van der Waals surface area contributed by atoms with Gasteiger partial charge in [-0.1, -0.05) is 111 Å². The monoisotopic (exact) mass is 748 g/mol. The lowest BCUT2D eigenvalue weighted by Gasteiger charge is -2.27. The average molecular weight is 749 g/mol. The molecule has 6 aromatic rings. The summed E-state index contributed by atoms with van der Waals surface area (Å²) in [5.74, 6) is 2.22. The first-order valence-corrected chi connectivity index (χ1v) is 20.1. The molecule has 0 aliphatic carbocycles. The van der Waals surface area contributed by atoms with Gasteiger partial charge in [0.1, 0.15) is 34.5 Å². The molecule has 0 bridgehead atoms. The Balaban J connectivity index is 1.21. The number of phosphoric acid groups is 2. The quantitative estimate of drug-likeness (QED) is 0.102. The molecule has 0 aliphatic heterocycles. The highest BCUT2D eigenvalue weighted by Crippen LogP contribution is 2.53. The van der Waals surface area contributed by atoms with Gasteiger partial charge in [-0.15, -0.1) is 0 Å². The molecular weight excluding hydrogens is 706 g/mol. The Morgan fingerprint density at radius 2 is 0.642 bits per heavy atom. The van der Waals surface area contributed by atoms with E-state index < -0.39 is 21.1 Å². The van der Waals surface area contributed by atoms with Crippen molar-refractivity contribution >= 4 is 15.6 Å². The summed E-state index contributed by atoms with van der Waals surface area (Å²) in [5.41, 5.74) is 4.67. The van der Waals surface area contributed by atoms with E-state index in [9.17, 15) is 9.13 Å². The zero-order valence-corrected chi connectivity index (χ0v) is 32.3. The van der Waals surface area contributed by atoms with Crippen LogP contribution in [-0.2, 0) is 14.5 Å². The second kappa shape index (κ2) is 15.7. The smallest absolute Gasteiger partial charge is 0.386 e. The van der Waals surface area contributed by atoms with Gasteiger partial charge in [0, 0.05) is 5.41 Å². The first kappa shape index (κ1) is 37.3. The summed E-state index contributed by atoms with van der Waals surface area (Å²) in [7, 11) is -8.37. The lowest BCUT2D eigenvalue weighted by molar-refractivity contribution is 0.295. The summed E-state index contributed by atoms with van der Waals surface area (Å²) in [5, 5.41) is 0. The normalized spacial score (nSPS) is 13.5. The highest BCUT2D eigenvalue weighted by atomic mass is 31.2. The molecule has 0 saturated carbocycles. The Morgan fingerprint density at radius 1 is 0.358 bits per heavy atom. The molecule has 0 aromatic heterocycles. The number of para-hydroxylation sites is 4. The fourth-order valence-corrected chi connectivity index (χ4v) is 8.50. The summed E-state index contributed by atoms with van der Waals surface area (Å²) in [6.07, 6.45) is 0. The van der Waals surface area contributed by atoms with Crippen LogP contribution in [0.15, 0.2) is 146 Å². The second-order valence-corrected chi connectivity index (χ2v) is 16.1. The molecular formula is C43H42O8P2. The summed E-state index contributed by atoms with van der Waals surface area (Å²) in [6, 6.07) is 43.5. The molecule has 2 unspecified atom stereocenters. The van der Waals surface area contributed by atoms with Crippen molar-refractivity contribution in [2.75, 3.05) is 0 Å². The van der Waals surface area contributed by atoms with Crippen LogP contribution >= 0.6 is 15.6 Å². The van der Waals surface area contributed by atoms with Crippen molar-refractivity contribution in [3.63, 3.8) is 0 Å². The number of hydrogen-bond donors (Lipinski definition) is 0. The van der Waals surface area contributed by atoms with E-state index in [1.807, 2.05) is 100 Å². The zero-order valence-electron chi connectivity index (χ0n) is 30.5. The van der Waals surface area contributed by atoms with E-state index in [0.29, 0.717) is 34.5 Å². The maximum absolute atomic E-state index is 14.2. The van der Waals surface area contributed by atoms with Gasteiger partial charge in [-0.25, -0.2) is 0 Å². The van der Waals surface area contributed by atoms with Crippen molar-refractivity contribution in [3.8, 4) is 34.5 Å². The van der Waals surface area contributed by atoms with Gasteiger partial charge in [0.2, 0.25) is 0 Å².